The summed E-state index contributed by atoms with van der Waals surface area (Å²) in [6, 6.07) is 5.22. The largest absolute Gasteiger partial charge is 0.380 e. The molecule has 112 valence electrons. The van der Waals surface area contributed by atoms with Crippen molar-refractivity contribution in [3.05, 3.63) is 40.2 Å². The number of nitro groups is 1. The standard InChI is InChI=1S/C15H19N3O3/c1-4-21-9-11(3)17-14-5-6-15(18(19)20)13-8-16-10(2)7-12(13)14/h5-8,11,17H,4,9H2,1-3H3. The molecule has 0 aliphatic carbocycles. The fourth-order valence-corrected chi connectivity index (χ4v) is 2.22. The Morgan fingerprint density at radius 1 is 1.43 bits per heavy atom. The number of rotatable bonds is 6. The predicted octanol–water partition coefficient (Wildman–Crippen LogP) is 3.29. The molecule has 0 spiro atoms. The van der Waals surface area contributed by atoms with Crippen LogP contribution in [0.25, 0.3) is 10.8 Å². The zero-order valence-electron chi connectivity index (χ0n) is 12.4. The number of nitro benzene ring substituents is 1. The molecule has 0 bridgehead atoms. The van der Waals surface area contributed by atoms with Crippen LogP contribution in [0.2, 0.25) is 0 Å². The number of ether oxygens (including phenoxy) is 1. The summed E-state index contributed by atoms with van der Waals surface area (Å²) in [4.78, 5) is 14.9. The van der Waals surface area contributed by atoms with Gasteiger partial charge in [0.15, 0.2) is 0 Å². The van der Waals surface area contributed by atoms with Gasteiger partial charge in [0.05, 0.1) is 16.9 Å². The van der Waals surface area contributed by atoms with E-state index in [4.69, 9.17) is 4.74 Å². The van der Waals surface area contributed by atoms with E-state index in [2.05, 4.69) is 10.3 Å². The van der Waals surface area contributed by atoms with Crippen LogP contribution in [0.15, 0.2) is 24.4 Å². The Morgan fingerprint density at radius 3 is 2.86 bits per heavy atom. The third-order valence-electron chi connectivity index (χ3n) is 3.19. The fourth-order valence-electron chi connectivity index (χ4n) is 2.22. The van der Waals surface area contributed by atoms with Crippen LogP contribution in [0.4, 0.5) is 11.4 Å². The zero-order valence-corrected chi connectivity index (χ0v) is 12.4. The minimum absolute atomic E-state index is 0.0699. The van der Waals surface area contributed by atoms with Gasteiger partial charge in [-0.2, -0.15) is 0 Å². The summed E-state index contributed by atoms with van der Waals surface area (Å²) >= 11 is 0. The average Bonchev–Trinajstić information content (AvgIpc) is 2.45. The van der Waals surface area contributed by atoms with E-state index in [0.29, 0.717) is 18.6 Å². The highest BCUT2D eigenvalue weighted by atomic mass is 16.6. The minimum atomic E-state index is -0.382. The van der Waals surface area contributed by atoms with Gasteiger partial charge in [-0.05, 0) is 32.9 Å². The highest BCUT2D eigenvalue weighted by Crippen LogP contribution is 2.31. The minimum Gasteiger partial charge on any atom is -0.380 e. The van der Waals surface area contributed by atoms with Crippen molar-refractivity contribution >= 4 is 22.1 Å². The number of hydrogen-bond donors (Lipinski definition) is 1. The van der Waals surface area contributed by atoms with E-state index in [-0.39, 0.29) is 16.7 Å². The molecule has 21 heavy (non-hydrogen) atoms. The van der Waals surface area contributed by atoms with Crippen LogP contribution >= 0.6 is 0 Å². The Morgan fingerprint density at radius 2 is 2.19 bits per heavy atom. The molecule has 0 aliphatic rings. The molecular weight excluding hydrogens is 270 g/mol. The number of aromatic nitrogens is 1. The molecule has 0 saturated heterocycles. The lowest BCUT2D eigenvalue weighted by atomic mass is 10.1. The number of benzene rings is 1. The third-order valence-corrected chi connectivity index (χ3v) is 3.19. The van der Waals surface area contributed by atoms with Crippen LogP contribution < -0.4 is 5.32 Å². The van der Waals surface area contributed by atoms with Crippen molar-refractivity contribution in [2.45, 2.75) is 26.8 Å². The molecule has 0 amide bonds. The average molecular weight is 289 g/mol. The van der Waals surface area contributed by atoms with Gasteiger partial charge in [-0.3, -0.25) is 15.1 Å². The van der Waals surface area contributed by atoms with Crippen molar-refractivity contribution in [3.8, 4) is 0 Å². The monoisotopic (exact) mass is 289 g/mol. The van der Waals surface area contributed by atoms with Crippen molar-refractivity contribution < 1.29 is 9.66 Å². The second kappa shape index (κ2) is 6.49. The maximum Gasteiger partial charge on any atom is 0.278 e. The Bertz CT molecular complexity index is 658. The summed E-state index contributed by atoms with van der Waals surface area (Å²) in [5, 5.41) is 15.8. The molecule has 1 N–H and O–H groups in total. The van der Waals surface area contributed by atoms with Crippen LogP contribution in [0, 0.1) is 17.0 Å². The van der Waals surface area contributed by atoms with Crippen LogP contribution in [0.1, 0.15) is 19.5 Å². The van der Waals surface area contributed by atoms with Gasteiger partial charge in [-0.15, -0.1) is 0 Å². The summed E-state index contributed by atoms with van der Waals surface area (Å²) in [5.41, 5.74) is 1.75. The molecule has 2 rings (SSSR count). The SMILES string of the molecule is CCOCC(C)Nc1ccc([N+](=O)[O-])c2cnc(C)cc12. The van der Waals surface area contributed by atoms with Gasteiger partial charge in [-0.1, -0.05) is 0 Å². The smallest absolute Gasteiger partial charge is 0.278 e. The number of non-ortho nitro benzene ring substituents is 1. The normalized spacial score (nSPS) is 12.3. The van der Waals surface area contributed by atoms with Crippen molar-refractivity contribution in [2.75, 3.05) is 18.5 Å². The molecule has 0 saturated carbocycles. The van der Waals surface area contributed by atoms with Crippen molar-refractivity contribution in [3.63, 3.8) is 0 Å². The molecule has 1 unspecified atom stereocenters. The van der Waals surface area contributed by atoms with E-state index < -0.39 is 0 Å². The molecule has 2 aromatic rings. The lowest BCUT2D eigenvalue weighted by molar-refractivity contribution is -0.383. The number of anilines is 1. The first-order valence-electron chi connectivity index (χ1n) is 6.91. The van der Waals surface area contributed by atoms with Gasteiger partial charge < -0.3 is 10.1 Å². The van der Waals surface area contributed by atoms with E-state index in [1.165, 1.54) is 6.07 Å². The molecule has 1 aromatic heterocycles. The maximum atomic E-state index is 11.1. The predicted molar refractivity (Wildman–Crippen MR) is 82.7 cm³/mol. The molecule has 0 fully saturated rings. The summed E-state index contributed by atoms with van der Waals surface area (Å²) in [6.07, 6.45) is 1.56. The molecule has 1 heterocycles. The van der Waals surface area contributed by atoms with Crippen LogP contribution in [0.5, 0.6) is 0 Å². The van der Waals surface area contributed by atoms with Crippen molar-refractivity contribution in [1.82, 2.24) is 4.98 Å². The fraction of sp³-hybridized carbons (Fsp3) is 0.400. The van der Waals surface area contributed by atoms with Crippen LogP contribution in [-0.2, 0) is 4.74 Å². The third kappa shape index (κ3) is 3.46. The Balaban J connectivity index is 2.42. The highest BCUT2D eigenvalue weighted by Gasteiger charge is 2.15. The summed E-state index contributed by atoms with van der Waals surface area (Å²) in [7, 11) is 0. The number of fused-ring (bicyclic) bond motifs is 1. The second-order valence-electron chi connectivity index (χ2n) is 4.97. The lowest BCUT2D eigenvalue weighted by Gasteiger charge is -2.17. The van der Waals surface area contributed by atoms with E-state index in [1.54, 1.807) is 12.3 Å². The quantitative estimate of drug-likeness (QED) is 0.652. The summed E-state index contributed by atoms with van der Waals surface area (Å²) in [5.74, 6) is 0. The van der Waals surface area contributed by atoms with E-state index >= 15 is 0 Å². The van der Waals surface area contributed by atoms with Gasteiger partial charge in [0, 0.05) is 41.7 Å². The number of nitrogens with zero attached hydrogens (tertiary/aromatic N) is 2. The maximum absolute atomic E-state index is 11.1. The Kier molecular flexibility index (Phi) is 4.70. The Labute approximate surface area is 123 Å². The lowest BCUT2D eigenvalue weighted by Crippen LogP contribution is -2.21. The number of nitrogens with one attached hydrogen (secondary N) is 1. The second-order valence-corrected chi connectivity index (χ2v) is 4.97. The van der Waals surface area contributed by atoms with Crippen molar-refractivity contribution in [2.24, 2.45) is 0 Å². The van der Waals surface area contributed by atoms with Gasteiger partial charge in [0.2, 0.25) is 0 Å². The summed E-state index contributed by atoms with van der Waals surface area (Å²) in [6.45, 7) is 7.07. The summed E-state index contributed by atoms with van der Waals surface area (Å²) < 4.78 is 5.38. The molecule has 0 radical (unpaired) electrons. The van der Waals surface area contributed by atoms with E-state index in [0.717, 1.165) is 16.8 Å². The number of pyridine rings is 1. The molecular formula is C15H19N3O3. The van der Waals surface area contributed by atoms with Gasteiger partial charge in [0.25, 0.3) is 5.69 Å². The van der Waals surface area contributed by atoms with Gasteiger partial charge in [-0.25, -0.2) is 0 Å². The molecule has 1 aromatic carbocycles. The number of hydrogen-bond acceptors (Lipinski definition) is 5. The first kappa shape index (κ1) is 15.2. The first-order valence-corrected chi connectivity index (χ1v) is 6.91. The van der Waals surface area contributed by atoms with Crippen LogP contribution in [-0.4, -0.2) is 29.2 Å². The molecule has 6 nitrogen and oxygen atoms in total. The highest BCUT2D eigenvalue weighted by molar-refractivity contribution is 5.99. The molecule has 0 aliphatic heterocycles. The van der Waals surface area contributed by atoms with Gasteiger partial charge >= 0.3 is 0 Å². The van der Waals surface area contributed by atoms with E-state index in [1.807, 2.05) is 26.8 Å². The molecule has 6 heteroatoms. The first-order chi connectivity index (χ1) is 10.0. The Hall–Kier alpha value is -2.21. The topological polar surface area (TPSA) is 77.3 Å². The number of aryl methyl sites for hydroxylation is 1. The van der Waals surface area contributed by atoms with E-state index in [9.17, 15) is 10.1 Å². The molecule has 1 atom stereocenters. The van der Waals surface area contributed by atoms with Gasteiger partial charge in [0.1, 0.15) is 0 Å². The van der Waals surface area contributed by atoms with Crippen LogP contribution in [0.3, 0.4) is 0 Å². The van der Waals surface area contributed by atoms with Crippen molar-refractivity contribution in [1.29, 1.82) is 0 Å². The zero-order chi connectivity index (χ0) is 15.4.